The molecule has 1 aliphatic rings. The number of halogens is 1. The van der Waals surface area contributed by atoms with E-state index in [1.807, 2.05) is 54.6 Å². The summed E-state index contributed by atoms with van der Waals surface area (Å²) in [7, 11) is 0. The summed E-state index contributed by atoms with van der Waals surface area (Å²) < 4.78 is 11.4. The number of guanidine groups is 1. The van der Waals surface area contributed by atoms with Crippen LogP contribution in [0.4, 0.5) is 5.69 Å². The van der Waals surface area contributed by atoms with Gasteiger partial charge >= 0.3 is 0 Å². The van der Waals surface area contributed by atoms with Gasteiger partial charge in [-0.1, -0.05) is 24.3 Å². The van der Waals surface area contributed by atoms with Crippen LogP contribution in [0.5, 0.6) is 11.5 Å². The van der Waals surface area contributed by atoms with Crippen LogP contribution in [0.15, 0.2) is 59.6 Å². The summed E-state index contributed by atoms with van der Waals surface area (Å²) in [4.78, 5) is 4.33. The molecule has 0 atom stereocenters. The second-order valence-corrected chi connectivity index (χ2v) is 6.21. The third-order valence-electron chi connectivity index (χ3n) is 3.86. The summed E-state index contributed by atoms with van der Waals surface area (Å²) in [5, 5.41) is 3.09. The van der Waals surface area contributed by atoms with Crippen molar-refractivity contribution in [2.75, 3.05) is 25.1 Å². The van der Waals surface area contributed by atoms with Gasteiger partial charge < -0.3 is 20.5 Å². The Morgan fingerprint density at radius 1 is 1.08 bits per heavy atom. The summed E-state index contributed by atoms with van der Waals surface area (Å²) in [5.74, 6) is 2.75. The lowest BCUT2D eigenvalue weighted by Gasteiger charge is -2.09. The highest BCUT2D eigenvalue weighted by Gasteiger charge is 2.20. The average Bonchev–Trinajstić information content (AvgIpc) is 3.43. The van der Waals surface area contributed by atoms with Crippen molar-refractivity contribution in [1.29, 1.82) is 0 Å². The molecule has 0 unspecified atom stereocenters. The van der Waals surface area contributed by atoms with E-state index in [1.165, 1.54) is 12.8 Å². The third-order valence-corrected chi connectivity index (χ3v) is 3.86. The van der Waals surface area contributed by atoms with Gasteiger partial charge in [-0.05, 0) is 49.4 Å². The van der Waals surface area contributed by atoms with Gasteiger partial charge in [0.2, 0.25) is 0 Å². The van der Waals surface area contributed by atoms with Crippen molar-refractivity contribution in [2.45, 2.75) is 19.3 Å². The van der Waals surface area contributed by atoms with Crippen LogP contribution in [-0.2, 0) is 4.74 Å². The molecular weight excluding hydrogens is 441 g/mol. The maximum atomic E-state index is 5.94. The molecule has 3 N–H and O–H groups in total. The Labute approximate surface area is 172 Å². The predicted molar refractivity (Wildman–Crippen MR) is 117 cm³/mol. The third kappa shape index (κ3) is 7.61. The zero-order valence-corrected chi connectivity index (χ0v) is 17.1. The molecule has 2 aromatic carbocycles. The molecule has 0 aromatic heterocycles. The highest BCUT2D eigenvalue weighted by atomic mass is 127. The number of anilines is 1. The lowest BCUT2D eigenvalue weighted by atomic mass is 10.3. The second kappa shape index (κ2) is 11.0. The Morgan fingerprint density at radius 3 is 2.62 bits per heavy atom. The molecule has 0 spiro atoms. The van der Waals surface area contributed by atoms with Gasteiger partial charge in [0.25, 0.3) is 0 Å². The SMILES string of the molecule is I.NC(=NCCCOCC1CC1)Nc1cccc(Oc2ccccc2)c1. The van der Waals surface area contributed by atoms with E-state index < -0.39 is 0 Å². The Kier molecular flexibility index (Phi) is 8.70. The molecule has 0 saturated heterocycles. The van der Waals surface area contributed by atoms with Crippen molar-refractivity contribution in [3.05, 3.63) is 54.6 Å². The Bertz CT molecular complexity index is 690. The molecule has 1 saturated carbocycles. The monoisotopic (exact) mass is 467 g/mol. The van der Waals surface area contributed by atoms with Gasteiger partial charge in [-0.25, -0.2) is 0 Å². The first-order valence-corrected chi connectivity index (χ1v) is 8.77. The quantitative estimate of drug-likeness (QED) is 0.244. The number of nitrogens with two attached hydrogens (primary N) is 1. The number of benzene rings is 2. The summed E-state index contributed by atoms with van der Waals surface area (Å²) in [5.41, 5.74) is 6.79. The Hall–Kier alpha value is -1.80. The minimum absolute atomic E-state index is 0. The van der Waals surface area contributed by atoms with E-state index >= 15 is 0 Å². The maximum Gasteiger partial charge on any atom is 0.193 e. The molecule has 0 radical (unpaired) electrons. The van der Waals surface area contributed by atoms with Gasteiger partial charge in [-0.15, -0.1) is 24.0 Å². The first-order chi connectivity index (χ1) is 12.3. The average molecular weight is 467 g/mol. The van der Waals surface area contributed by atoms with Crippen molar-refractivity contribution < 1.29 is 9.47 Å². The fourth-order valence-corrected chi connectivity index (χ4v) is 2.35. The molecule has 2 aromatic rings. The number of nitrogens with zero attached hydrogens (tertiary/aromatic N) is 1. The standard InChI is InChI=1S/C20H25N3O2.HI/c21-20(22-12-5-13-24-15-16-10-11-16)23-17-6-4-9-19(14-17)25-18-7-2-1-3-8-18;/h1-4,6-9,14,16H,5,10-13,15H2,(H3,21,22,23);1H. The predicted octanol–water partition coefficient (Wildman–Crippen LogP) is 4.64. The van der Waals surface area contributed by atoms with Crippen molar-refractivity contribution in [1.82, 2.24) is 0 Å². The molecule has 0 aliphatic heterocycles. The molecule has 26 heavy (non-hydrogen) atoms. The summed E-state index contributed by atoms with van der Waals surface area (Å²) in [6.45, 7) is 2.29. The van der Waals surface area contributed by atoms with Crippen LogP contribution in [0.2, 0.25) is 0 Å². The molecule has 1 aliphatic carbocycles. The maximum absolute atomic E-state index is 5.94. The van der Waals surface area contributed by atoms with Crippen molar-refractivity contribution in [3.8, 4) is 11.5 Å². The van der Waals surface area contributed by atoms with E-state index in [-0.39, 0.29) is 24.0 Å². The summed E-state index contributed by atoms with van der Waals surface area (Å²) >= 11 is 0. The first kappa shape index (κ1) is 20.5. The smallest absolute Gasteiger partial charge is 0.193 e. The van der Waals surface area contributed by atoms with Gasteiger partial charge in [0.15, 0.2) is 5.96 Å². The molecule has 0 bridgehead atoms. The van der Waals surface area contributed by atoms with Gasteiger partial charge in [0.1, 0.15) is 11.5 Å². The van der Waals surface area contributed by atoms with Crippen LogP contribution in [0.1, 0.15) is 19.3 Å². The van der Waals surface area contributed by atoms with E-state index in [4.69, 9.17) is 15.2 Å². The molecule has 3 rings (SSSR count). The van der Waals surface area contributed by atoms with Crippen molar-refractivity contribution in [2.24, 2.45) is 16.6 Å². The number of hydrogen-bond acceptors (Lipinski definition) is 3. The van der Waals surface area contributed by atoms with Crippen LogP contribution in [0, 0.1) is 5.92 Å². The number of hydrogen-bond donors (Lipinski definition) is 2. The van der Waals surface area contributed by atoms with E-state index in [0.29, 0.717) is 12.5 Å². The number of rotatable bonds is 9. The normalized spacial score (nSPS) is 13.8. The zero-order chi connectivity index (χ0) is 17.3. The van der Waals surface area contributed by atoms with E-state index in [1.54, 1.807) is 0 Å². The zero-order valence-electron chi connectivity index (χ0n) is 14.8. The molecule has 140 valence electrons. The second-order valence-electron chi connectivity index (χ2n) is 6.21. The minimum atomic E-state index is 0. The van der Waals surface area contributed by atoms with Gasteiger partial charge in [0, 0.05) is 31.5 Å². The van der Waals surface area contributed by atoms with Gasteiger partial charge in [0.05, 0.1) is 0 Å². The van der Waals surface area contributed by atoms with Crippen LogP contribution >= 0.6 is 24.0 Å². The van der Waals surface area contributed by atoms with Crippen LogP contribution < -0.4 is 15.8 Å². The van der Waals surface area contributed by atoms with E-state index in [9.17, 15) is 0 Å². The molecule has 0 amide bonds. The van der Waals surface area contributed by atoms with Gasteiger partial charge in [-0.2, -0.15) is 0 Å². The highest BCUT2D eigenvalue weighted by molar-refractivity contribution is 14.0. The molecule has 6 heteroatoms. The minimum Gasteiger partial charge on any atom is -0.457 e. The van der Waals surface area contributed by atoms with Gasteiger partial charge in [-0.3, -0.25) is 4.99 Å². The fraction of sp³-hybridized carbons (Fsp3) is 0.350. The van der Waals surface area contributed by atoms with Crippen LogP contribution in [0.3, 0.4) is 0 Å². The van der Waals surface area contributed by atoms with Crippen LogP contribution in [-0.4, -0.2) is 25.7 Å². The number of para-hydroxylation sites is 1. The summed E-state index contributed by atoms with van der Waals surface area (Å²) in [6, 6.07) is 17.3. The molecule has 1 fully saturated rings. The highest BCUT2D eigenvalue weighted by Crippen LogP contribution is 2.28. The lowest BCUT2D eigenvalue weighted by molar-refractivity contribution is 0.123. The Balaban J connectivity index is 0.00000243. The van der Waals surface area contributed by atoms with Crippen molar-refractivity contribution in [3.63, 3.8) is 0 Å². The number of aliphatic imine (C=N–C) groups is 1. The molecule has 0 heterocycles. The first-order valence-electron chi connectivity index (χ1n) is 8.77. The number of nitrogens with one attached hydrogen (secondary N) is 1. The van der Waals surface area contributed by atoms with E-state index in [0.717, 1.165) is 42.7 Å². The van der Waals surface area contributed by atoms with E-state index in [2.05, 4.69) is 10.3 Å². The van der Waals surface area contributed by atoms with Crippen LogP contribution in [0.25, 0.3) is 0 Å². The summed E-state index contributed by atoms with van der Waals surface area (Å²) in [6.07, 6.45) is 3.52. The lowest BCUT2D eigenvalue weighted by Crippen LogP contribution is -2.23. The molecule has 5 nitrogen and oxygen atoms in total. The topological polar surface area (TPSA) is 68.9 Å². The number of ether oxygens (including phenoxy) is 2. The molecular formula is C20H26IN3O2. The van der Waals surface area contributed by atoms with Crippen molar-refractivity contribution >= 4 is 35.6 Å². The largest absolute Gasteiger partial charge is 0.457 e. The fourth-order valence-electron chi connectivity index (χ4n) is 2.35. The Morgan fingerprint density at radius 2 is 1.85 bits per heavy atom.